The van der Waals surface area contributed by atoms with Gasteiger partial charge in [-0.3, -0.25) is 9.59 Å². The highest BCUT2D eigenvalue weighted by molar-refractivity contribution is 5.77. The molecule has 1 atom stereocenters. The third kappa shape index (κ3) is 5.73. The van der Waals surface area contributed by atoms with Gasteiger partial charge in [0.05, 0.1) is 18.6 Å². The van der Waals surface area contributed by atoms with Gasteiger partial charge < -0.3 is 9.47 Å². The Morgan fingerprint density at radius 3 is 2.25 bits per heavy atom. The summed E-state index contributed by atoms with van der Waals surface area (Å²) < 4.78 is 9.68. The molecule has 0 N–H and O–H groups in total. The lowest BCUT2D eigenvalue weighted by atomic mass is 9.87. The van der Waals surface area contributed by atoms with E-state index in [0.29, 0.717) is 32.5 Å². The van der Waals surface area contributed by atoms with Crippen molar-refractivity contribution in [2.45, 2.75) is 40.0 Å². The van der Waals surface area contributed by atoms with E-state index in [0.717, 1.165) is 0 Å². The predicted octanol–water partition coefficient (Wildman–Crippen LogP) is 2.12. The van der Waals surface area contributed by atoms with Crippen molar-refractivity contribution in [3.05, 3.63) is 6.92 Å². The fraction of sp³-hybridized carbons (Fsp3) is 0.750. The lowest BCUT2D eigenvalue weighted by Crippen LogP contribution is -2.27. The maximum absolute atomic E-state index is 11.5. The molecule has 0 saturated carbocycles. The second kappa shape index (κ2) is 7.25. The van der Waals surface area contributed by atoms with Gasteiger partial charge in [0.25, 0.3) is 0 Å². The van der Waals surface area contributed by atoms with Gasteiger partial charge in [-0.25, -0.2) is 0 Å². The predicted molar refractivity (Wildman–Crippen MR) is 60.6 cm³/mol. The average Bonchev–Trinajstić information content (AvgIpc) is 2.18. The number of hydrogen-bond acceptors (Lipinski definition) is 4. The Morgan fingerprint density at radius 2 is 1.75 bits per heavy atom. The topological polar surface area (TPSA) is 52.6 Å². The highest BCUT2D eigenvalue weighted by Crippen LogP contribution is 2.24. The molecule has 4 heteroatoms. The molecule has 0 fully saturated rings. The standard InChI is InChI=1S/C12H21O4/c1-5-15-10(13)8-7-9-12(3,4)11(14)16-6-2/h3,5-9H2,1-2,4H3. The van der Waals surface area contributed by atoms with Crippen molar-refractivity contribution in [2.24, 2.45) is 5.41 Å². The maximum atomic E-state index is 11.5. The van der Waals surface area contributed by atoms with Crippen LogP contribution in [0.5, 0.6) is 0 Å². The third-order valence-electron chi connectivity index (χ3n) is 2.18. The number of hydrogen-bond donors (Lipinski definition) is 0. The van der Waals surface area contributed by atoms with Crippen LogP contribution >= 0.6 is 0 Å². The second-order valence-electron chi connectivity index (χ2n) is 3.94. The number of carbonyl (C=O) groups excluding carboxylic acids is 2. The first-order valence-electron chi connectivity index (χ1n) is 5.62. The minimum atomic E-state index is -0.775. The van der Waals surface area contributed by atoms with Crippen LogP contribution in [0.2, 0.25) is 0 Å². The minimum Gasteiger partial charge on any atom is -0.466 e. The van der Waals surface area contributed by atoms with E-state index in [-0.39, 0.29) is 11.9 Å². The van der Waals surface area contributed by atoms with Crippen LogP contribution in [0, 0.1) is 12.3 Å². The Kier molecular flexibility index (Phi) is 6.77. The zero-order valence-electron chi connectivity index (χ0n) is 10.4. The van der Waals surface area contributed by atoms with Gasteiger partial charge in [0.2, 0.25) is 0 Å². The van der Waals surface area contributed by atoms with Gasteiger partial charge >= 0.3 is 11.9 Å². The van der Waals surface area contributed by atoms with E-state index in [9.17, 15) is 9.59 Å². The van der Waals surface area contributed by atoms with Crippen LogP contribution in [0.15, 0.2) is 0 Å². The molecule has 1 radical (unpaired) electrons. The molecule has 0 saturated heterocycles. The van der Waals surface area contributed by atoms with Crippen molar-refractivity contribution < 1.29 is 19.1 Å². The molecule has 1 unspecified atom stereocenters. The largest absolute Gasteiger partial charge is 0.466 e. The van der Waals surface area contributed by atoms with Gasteiger partial charge in [-0.2, -0.15) is 0 Å². The number of carbonyl (C=O) groups is 2. The quantitative estimate of drug-likeness (QED) is 0.627. The minimum absolute atomic E-state index is 0.234. The number of esters is 2. The Balaban J connectivity index is 3.90. The van der Waals surface area contributed by atoms with E-state index in [2.05, 4.69) is 6.92 Å². The van der Waals surface area contributed by atoms with Gasteiger partial charge in [-0.15, -0.1) is 0 Å². The van der Waals surface area contributed by atoms with Crippen molar-refractivity contribution in [1.82, 2.24) is 0 Å². The zero-order chi connectivity index (χ0) is 12.6. The average molecular weight is 229 g/mol. The van der Waals surface area contributed by atoms with E-state index < -0.39 is 5.41 Å². The lowest BCUT2D eigenvalue weighted by Gasteiger charge is -2.21. The first-order valence-corrected chi connectivity index (χ1v) is 5.62. The van der Waals surface area contributed by atoms with Crippen molar-refractivity contribution in [1.29, 1.82) is 0 Å². The third-order valence-corrected chi connectivity index (χ3v) is 2.18. The summed E-state index contributed by atoms with van der Waals surface area (Å²) in [6.45, 7) is 9.78. The Morgan fingerprint density at radius 1 is 1.19 bits per heavy atom. The van der Waals surface area contributed by atoms with Crippen LogP contribution in [0.25, 0.3) is 0 Å². The molecule has 0 heterocycles. The van der Waals surface area contributed by atoms with E-state index in [1.54, 1.807) is 20.8 Å². The van der Waals surface area contributed by atoms with Crippen molar-refractivity contribution >= 4 is 11.9 Å². The fourth-order valence-electron chi connectivity index (χ4n) is 1.26. The molecular formula is C12H21O4. The number of ether oxygens (including phenoxy) is 2. The molecule has 0 aromatic carbocycles. The molecule has 93 valence electrons. The fourth-order valence-corrected chi connectivity index (χ4v) is 1.26. The van der Waals surface area contributed by atoms with E-state index in [4.69, 9.17) is 9.47 Å². The SMILES string of the molecule is [CH2]C(C)(CCCC(=O)OCC)C(=O)OCC. The van der Waals surface area contributed by atoms with Gasteiger partial charge in [-0.05, 0) is 40.5 Å². The summed E-state index contributed by atoms with van der Waals surface area (Å²) in [4.78, 5) is 22.5. The lowest BCUT2D eigenvalue weighted by molar-refractivity contribution is -0.153. The maximum Gasteiger partial charge on any atom is 0.311 e. The van der Waals surface area contributed by atoms with Crippen LogP contribution in [-0.4, -0.2) is 25.2 Å². The molecule has 0 aromatic rings. The van der Waals surface area contributed by atoms with Crippen LogP contribution in [0.3, 0.4) is 0 Å². The van der Waals surface area contributed by atoms with Crippen molar-refractivity contribution in [3.8, 4) is 0 Å². The molecule has 0 spiro atoms. The highest BCUT2D eigenvalue weighted by atomic mass is 16.5. The monoisotopic (exact) mass is 229 g/mol. The van der Waals surface area contributed by atoms with Gasteiger partial charge in [0, 0.05) is 6.42 Å². The summed E-state index contributed by atoms with van der Waals surface area (Å²) in [7, 11) is 0. The molecular weight excluding hydrogens is 208 g/mol. The molecule has 4 nitrogen and oxygen atoms in total. The molecule has 0 aromatic heterocycles. The summed E-state index contributed by atoms with van der Waals surface area (Å²) in [5.41, 5.74) is -0.775. The highest BCUT2D eigenvalue weighted by Gasteiger charge is 2.28. The van der Waals surface area contributed by atoms with Crippen molar-refractivity contribution in [3.63, 3.8) is 0 Å². The molecule has 0 aliphatic heterocycles. The first kappa shape index (κ1) is 14.9. The van der Waals surface area contributed by atoms with Gasteiger partial charge in [0.1, 0.15) is 0 Å². The molecule has 0 aliphatic rings. The summed E-state index contributed by atoms with van der Waals surface area (Å²) >= 11 is 0. The normalized spacial score (nSPS) is 11.0. The molecule has 0 bridgehead atoms. The number of rotatable bonds is 7. The molecule has 16 heavy (non-hydrogen) atoms. The van der Waals surface area contributed by atoms with Gasteiger partial charge in [-0.1, -0.05) is 0 Å². The summed E-state index contributed by atoms with van der Waals surface area (Å²) in [6, 6.07) is 0. The molecule has 0 aliphatic carbocycles. The van der Waals surface area contributed by atoms with Crippen LogP contribution in [-0.2, 0) is 19.1 Å². The first-order chi connectivity index (χ1) is 7.44. The Hall–Kier alpha value is -1.06. The van der Waals surface area contributed by atoms with E-state index >= 15 is 0 Å². The smallest absolute Gasteiger partial charge is 0.311 e. The molecule has 0 rings (SSSR count). The van der Waals surface area contributed by atoms with E-state index in [1.165, 1.54) is 0 Å². The van der Waals surface area contributed by atoms with Crippen LogP contribution in [0.4, 0.5) is 0 Å². The molecule has 0 amide bonds. The Labute approximate surface area is 97.3 Å². The van der Waals surface area contributed by atoms with E-state index in [1.807, 2.05) is 0 Å². The van der Waals surface area contributed by atoms with Gasteiger partial charge in [0.15, 0.2) is 0 Å². The van der Waals surface area contributed by atoms with Crippen LogP contribution in [0.1, 0.15) is 40.0 Å². The summed E-state index contributed by atoms with van der Waals surface area (Å²) in [5.74, 6) is -0.555. The zero-order valence-corrected chi connectivity index (χ0v) is 10.4. The van der Waals surface area contributed by atoms with Crippen LogP contribution < -0.4 is 0 Å². The second-order valence-corrected chi connectivity index (χ2v) is 3.94. The van der Waals surface area contributed by atoms with Crippen molar-refractivity contribution in [2.75, 3.05) is 13.2 Å². The Bertz CT molecular complexity index is 233. The summed E-state index contributed by atoms with van der Waals surface area (Å²) in [6.07, 6.45) is 1.42. The summed E-state index contributed by atoms with van der Waals surface area (Å²) in [5, 5.41) is 0.